The highest BCUT2D eigenvalue weighted by Crippen LogP contribution is 2.40. The van der Waals surface area contributed by atoms with E-state index in [0.29, 0.717) is 5.92 Å². The average Bonchev–Trinajstić information content (AvgIpc) is 2.52. The first-order valence-electron chi connectivity index (χ1n) is 7.12. The zero-order valence-corrected chi connectivity index (χ0v) is 13.2. The summed E-state index contributed by atoms with van der Waals surface area (Å²) in [6.45, 7) is 14.5. The minimum atomic E-state index is -0.678. The number of nitrogens with zero attached hydrogens (tertiary/aromatic N) is 1. The molecule has 1 unspecified atom stereocenters. The molecule has 1 aliphatic heterocycles. The van der Waals surface area contributed by atoms with Gasteiger partial charge in [0.2, 0.25) is 5.91 Å². The highest BCUT2D eigenvalue weighted by Gasteiger charge is 2.48. The number of carbonyl (C=O) groups is 2. The summed E-state index contributed by atoms with van der Waals surface area (Å²) in [5.74, 6) is 0.595. The molecule has 4 heteroatoms. The molecular weight excluding hydrogens is 240 g/mol. The number of amides is 1. The van der Waals surface area contributed by atoms with E-state index < -0.39 is 10.8 Å². The van der Waals surface area contributed by atoms with Gasteiger partial charge in [0.05, 0.1) is 5.41 Å². The second-order valence-electron chi connectivity index (χ2n) is 6.87. The van der Waals surface area contributed by atoms with Crippen LogP contribution in [0.3, 0.4) is 0 Å². The summed E-state index contributed by atoms with van der Waals surface area (Å²) in [6, 6.07) is 0. The lowest BCUT2D eigenvalue weighted by atomic mass is 9.65. The maximum absolute atomic E-state index is 12.8. The molecule has 19 heavy (non-hydrogen) atoms. The molecule has 0 aromatic rings. The van der Waals surface area contributed by atoms with E-state index >= 15 is 0 Å². The third kappa shape index (κ3) is 3.16. The maximum atomic E-state index is 12.8. The van der Waals surface area contributed by atoms with Crippen molar-refractivity contribution in [2.75, 3.05) is 26.2 Å². The number of hydrogen-bond donors (Lipinski definition) is 1. The van der Waals surface area contributed by atoms with E-state index in [2.05, 4.69) is 12.2 Å². The van der Waals surface area contributed by atoms with Crippen molar-refractivity contribution < 1.29 is 9.59 Å². The molecule has 1 aliphatic rings. The molecule has 0 saturated carbocycles. The van der Waals surface area contributed by atoms with Crippen molar-refractivity contribution in [1.29, 1.82) is 0 Å². The van der Waals surface area contributed by atoms with Gasteiger partial charge < -0.3 is 10.2 Å². The molecule has 1 N–H and O–H groups in total. The predicted molar refractivity (Wildman–Crippen MR) is 76.9 cm³/mol. The van der Waals surface area contributed by atoms with Gasteiger partial charge in [-0.05, 0) is 19.4 Å². The smallest absolute Gasteiger partial charge is 0.229 e. The van der Waals surface area contributed by atoms with Gasteiger partial charge in [-0.15, -0.1) is 0 Å². The summed E-state index contributed by atoms with van der Waals surface area (Å²) in [5.41, 5.74) is -1.32. The van der Waals surface area contributed by atoms with Crippen molar-refractivity contribution in [2.45, 2.75) is 41.5 Å². The van der Waals surface area contributed by atoms with Gasteiger partial charge in [0.25, 0.3) is 0 Å². The molecule has 1 heterocycles. The highest BCUT2D eigenvalue weighted by molar-refractivity contribution is 5.92. The number of carbonyl (C=O) groups excluding carboxylic acids is 2. The minimum absolute atomic E-state index is 0.0619. The van der Waals surface area contributed by atoms with Gasteiger partial charge in [0, 0.05) is 25.0 Å². The van der Waals surface area contributed by atoms with Crippen LogP contribution in [-0.4, -0.2) is 42.8 Å². The number of Topliss-reactive ketones (excluding diaryl/α,β-unsaturated/α-hetero) is 1. The first-order valence-corrected chi connectivity index (χ1v) is 7.12. The topological polar surface area (TPSA) is 49.4 Å². The first-order chi connectivity index (χ1) is 8.60. The fraction of sp³-hybridized carbons (Fsp3) is 0.867. The minimum Gasteiger partial charge on any atom is -0.341 e. The Labute approximate surface area is 116 Å². The molecule has 0 aromatic carbocycles. The Morgan fingerprint density at radius 2 is 1.74 bits per heavy atom. The second-order valence-corrected chi connectivity index (χ2v) is 6.87. The van der Waals surface area contributed by atoms with E-state index in [-0.39, 0.29) is 11.7 Å². The Kier molecular flexibility index (Phi) is 4.77. The van der Waals surface area contributed by atoms with Crippen LogP contribution in [0.5, 0.6) is 0 Å². The van der Waals surface area contributed by atoms with Gasteiger partial charge in [0.1, 0.15) is 5.78 Å². The Hall–Kier alpha value is -0.900. The highest BCUT2D eigenvalue weighted by atomic mass is 16.2. The quantitative estimate of drug-likeness (QED) is 0.847. The maximum Gasteiger partial charge on any atom is 0.229 e. The van der Waals surface area contributed by atoms with Gasteiger partial charge in [-0.3, -0.25) is 9.59 Å². The molecule has 1 fully saturated rings. The summed E-state index contributed by atoms with van der Waals surface area (Å²) in [5, 5.41) is 3.33. The molecule has 1 rings (SSSR count). The molecule has 0 aliphatic carbocycles. The molecule has 1 atom stereocenters. The van der Waals surface area contributed by atoms with Crippen LogP contribution < -0.4 is 5.32 Å². The number of nitrogens with one attached hydrogen (secondary N) is 1. The predicted octanol–water partition coefficient (Wildman–Crippen LogP) is 1.70. The molecule has 1 amide bonds. The van der Waals surface area contributed by atoms with Gasteiger partial charge >= 0.3 is 0 Å². The van der Waals surface area contributed by atoms with Crippen molar-refractivity contribution in [3.63, 3.8) is 0 Å². The zero-order chi connectivity index (χ0) is 14.8. The normalized spacial score (nSPS) is 22.0. The molecule has 0 aromatic heterocycles. The van der Waals surface area contributed by atoms with Crippen LogP contribution in [0, 0.1) is 16.7 Å². The van der Waals surface area contributed by atoms with Crippen molar-refractivity contribution in [3.05, 3.63) is 0 Å². The lowest BCUT2D eigenvalue weighted by Crippen LogP contribution is -2.52. The van der Waals surface area contributed by atoms with Gasteiger partial charge in [-0.1, -0.05) is 34.6 Å². The lowest BCUT2D eigenvalue weighted by Gasteiger charge is -2.41. The summed E-state index contributed by atoms with van der Waals surface area (Å²) >= 11 is 0. The third-order valence-corrected chi connectivity index (χ3v) is 4.85. The van der Waals surface area contributed by atoms with Crippen LogP contribution in [0.15, 0.2) is 0 Å². The summed E-state index contributed by atoms with van der Waals surface area (Å²) in [4.78, 5) is 26.6. The number of ketones is 1. The average molecular weight is 268 g/mol. The summed E-state index contributed by atoms with van der Waals surface area (Å²) in [7, 11) is 0. The largest absolute Gasteiger partial charge is 0.341 e. The van der Waals surface area contributed by atoms with E-state index in [1.807, 2.05) is 32.6 Å². The summed E-state index contributed by atoms with van der Waals surface area (Å²) in [6.07, 6.45) is 0. The SMILES string of the molecule is CC(=O)C(C)(C)C(C)(C)C(=O)N1CCNCC(C)C1. The second kappa shape index (κ2) is 5.61. The molecule has 110 valence electrons. The molecule has 4 nitrogen and oxygen atoms in total. The van der Waals surface area contributed by atoms with Crippen LogP contribution in [0.25, 0.3) is 0 Å². The number of rotatable bonds is 3. The first kappa shape index (κ1) is 16.2. The molecule has 0 bridgehead atoms. The Morgan fingerprint density at radius 1 is 1.16 bits per heavy atom. The van der Waals surface area contributed by atoms with E-state index in [1.165, 1.54) is 0 Å². The van der Waals surface area contributed by atoms with Crippen LogP contribution in [-0.2, 0) is 9.59 Å². The van der Waals surface area contributed by atoms with Crippen LogP contribution in [0.2, 0.25) is 0 Å². The Morgan fingerprint density at radius 3 is 2.26 bits per heavy atom. The van der Waals surface area contributed by atoms with E-state index in [4.69, 9.17) is 0 Å². The third-order valence-electron chi connectivity index (χ3n) is 4.85. The van der Waals surface area contributed by atoms with E-state index in [9.17, 15) is 9.59 Å². The van der Waals surface area contributed by atoms with Gasteiger partial charge in [-0.25, -0.2) is 0 Å². The Balaban J connectivity index is 2.94. The van der Waals surface area contributed by atoms with Crippen molar-refractivity contribution >= 4 is 11.7 Å². The van der Waals surface area contributed by atoms with Crippen molar-refractivity contribution in [1.82, 2.24) is 10.2 Å². The van der Waals surface area contributed by atoms with Crippen LogP contribution >= 0.6 is 0 Å². The zero-order valence-electron chi connectivity index (χ0n) is 13.2. The fourth-order valence-corrected chi connectivity index (χ4v) is 2.38. The van der Waals surface area contributed by atoms with Crippen molar-refractivity contribution in [3.8, 4) is 0 Å². The van der Waals surface area contributed by atoms with E-state index in [1.54, 1.807) is 6.92 Å². The standard InChI is InChI=1S/C15H28N2O2/c1-11-9-16-7-8-17(10-11)13(19)15(5,6)14(3,4)12(2)18/h11,16H,7-10H2,1-6H3. The van der Waals surface area contributed by atoms with Crippen molar-refractivity contribution in [2.24, 2.45) is 16.7 Å². The number of hydrogen-bond acceptors (Lipinski definition) is 3. The summed E-state index contributed by atoms with van der Waals surface area (Å²) < 4.78 is 0. The molecular formula is C15H28N2O2. The van der Waals surface area contributed by atoms with Crippen LogP contribution in [0.4, 0.5) is 0 Å². The fourth-order valence-electron chi connectivity index (χ4n) is 2.38. The lowest BCUT2D eigenvalue weighted by molar-refractivity contribution is -0.153. The molecule has 1 saturated heterocycles. The monoisotopic (exact) mass is 268 g/mol. The van der Waals surface area contributed by atoms with E-state index in [0.717, 1.165) is 26.2 Å². The van der Waals surface area contributed by atoms with Crippen LogP contribution in [0.1, 0.15) is 41.5 Å². The molecule has 0 radical (unpaired) electrons. The Bertz CT molecular complexity index is 361. The van der Waals surface area contributed by atoms with Gasteiger partial charge in [-0.2, -0.15) is 0 Å². The molecule has 0 spiro atoms. The van der Waals surface area contributed by atoms with Gasteiger partial charge in [0.15, 0.2) is 0 Å².